The predicted octanol–water partition coefficient (Wildman–Crippen LogP) is 4.11. The molecule has 0 unspecified atom stereocenters. The molecule has 1 heterocycles. The molecule has 2 aromatic carbocycles. The van der Waals surface area contributed by atoms with Crippen molar-refractivity contribution in [1.29, 1.82) is 0 Å². The Bertz CT molecular complexity index is 1010. The first-order valence-corrected chi connectivity index (χ1v) is 9.01. The maximum Gasteiger partial charge on any atom is 0.437 e. The average molecular weight is 485 g/mol. The number of halogens is 3. The summed E-state index contributed by atoms with van der Waals surface area (Å²) in [6.45, 7) is 1.60. The van der Waals surface area contributed by atoms with Gasteiger partial charge in [-0.1, -0.05) is 0 Å². The minimum absolute atomic E-state index is 0.0143. The van der Waals surface area contributed by atoms with E-state index in [1.807, 2.05) is 19.1 Å². The monoisotopic (exact) mass is 483 g/mol. The number of anilines is 1. The summed E-state index contributed by atoms with van der Waals surface area (Å²) in [5.74, 6) is -1.62. The fourth-order valence-electron chi connectivity index (χ4n) is 2.25. The molecule has 0 radical (unpaired) electrons. The Hall–Kier alpha value is -2.26. The Kier molecular flexibility index (Phi) is 5.38. The number of aryl methyl sites for hydroxylation is 1. The first-order valence-electron chi connectivity index (χ1n) is 7.43. The number of aromatic nitrogens is 2. The van der Waals surface area contributed by atoms with Crippen LogP contribution in [0.4, 0.5) is 10.1 Å². The lowest BCUT2D eigenvalue weighted by Gasteiger charge is -2.10. The molecule has 0 saturated carbocycles. The fourth-order valence-corrected chi connectivity index (χ4v) is 3.86. The summed E-state index contributed by atoms with van der Waals surface area (Å²) < 4.78 is 20.3. The van der Waals surface area contributed by atoms with Crippen LogP contribution < -0.4 is 11.1 Å². The number of carbonyl (C=O) groups is 1. The van der Waals surface area contributed by atoms with E-state index in [1.54, 1.807) is 0 Å². The maximum absolute atomic E-state index is 13.0. The Balaban J connectivity index is 1.78. The van der Waals surface area contributed by atoms with Crippen LogP contribution in [0.5, 0.6) is 0 Å². The van der Waals surface area contributed by atoms with Gasteiger partial charge in [0.1, 0.15) is 12.4 Å². The number of hydrogen-bond donors (Lipinski definition) is 1. The van der Waals surface area contributed by atoms with E-state index < -0.39 is 17.5 Å². The molecule has 6 nitrogen and oxygen atoms in total. The van der Waals surface area contributed by atoms with E-state index >= 15 is 0 Å². The fraction of sp³-hybridized carbons (Fsp3) is 0.118. The van der Waals surface area contributed by atoms with Crippen molar-refractivity contribution in [3.8, 4) is 11.5 Å². The van der Waals surface area contributed by atoms with Gasteiger partial charge in [0, 0.05) is 14.5 Å². The summed E-state index contributed by atoms with van der Waals surface area (Å²) in [6, 6.07) is 9.04. The highest BCUT2D eigenvalue weighted by molar-refractivity contribution is 9.11. The van der Waals surface area contributed by atoms with Crippen molar-refractivity contribution in [2.45, 2.75) is 13.5 Å². The Morgan fingerprint density at radius 1 is 1.23 bits per heavy atom. The molecule has 9 heteroatoms. The molecular weight excluding hydrogens is 473 g/mol. The molecule has 3 rings (SSSR count). The number of hydrogen-bond acceptors (Lipinski definition) is 4. The third-order valence-corrected chi connectivity index (χ3v) is 4.69. The molecule has 0 atom stereocenters. The highest BCUT2D eigenvalue weighted by Gasteiger charge is 2.15. The lowest BCUT2D eigenvalue weighted by Crippen LogP contribution is -2.26. The maximum atomic E-state index is 13.0. The molecule has 1 N–H and O–H groups in total. The van der Waals surface area contributed by atoms with Crippen LogP contribution in [0.15, 0.2) is 54.6 Å². The van der Waals surface area contributed by atoms with Gasteiger partial charge in [-0.25, -0.2) is 9.18 Å². The van der Waals surface area contributed by atoms with Crippen molar-refractivity contribution in [2.24, 2.45) is 0 Å². The predicted molar refractivity (Wildman–Crippen MR) is 101 cm³/mol. The van der Waals surface area contributed by atoms with Crippen LogP contribution in [0.3, 0.4) is 0 Å². The van der Waals surface area contributed by atoms with Gasteiger partial charge < -0.3 is 9.73 Å². The normalized spacial score (nSPS) is 10.8. The van der Waals surface area contributed by atoms with Gasteiger partial charge in [-0.15, -0.1) is 5.10 Å². The number of nitrogens with zero attached hydrogens (tertiary/aromatic N) is 2. The molecule has 0 aliphatic rings. The largest absolute Gasteiger partial charge is 0.437 e. The number of benzene rings is 2. The third-order valence-electron chi connectivity index (χ3n) is 3.44. The standard InChI is InChI=1S/C17H12Br2FN3O3/c1-9-6-12(18)15(13(19)7-9)21-14(24)8-23-17(25)26-16(22-23)10-2-4-11(20)5-3-10/h2-7H,8H2,1H3,(H,21,24). The molecule has 0 fully saturated rings. The molecule has 0 aliphatic heterocycles. The van der Waals surface area contributed by atoms with Gasteiger partial charge in [0.2, 0.25) is 11.8 Å². The molecule has 0 bridgehead atoms. The topological polar surface area (TPSA) is 77.1 Å². The van der Waals surface area contributed by atoms with Crippen LogP contribution in [0.25, 0.3) is 11.5 Å². The van der Waals surface area contributed by atoms with E-state index in [9.17, 15) is 14.0 Å². The first-order chi connectivity index (χ1) is 12.3. The lowest BCUT2D eigenvalue weighted by molar-refractivity contribution is -0.117. The van der Waals surface area contributed by atoms with Gasteiger partial charge in [0.15, 0.2) is 0 Å². The number of rotatable bonds is 4. The van der Waals surface area contributed by atoms with Gasteiger partial charge in [0.25, 0.3) is 0 Å². The molecule has 1 aromatic heterocycles. The molecule has 26 heavy (non-hydrogen) atoms. The summed E-state index contributed by atoms with van der Waals surface area (Å²) >= 11 is 6.78. The zero-order valence-electron chi connectivity index (χ0n) is 13.4. The second-order valence-electron chi connectivity index (χ2n) is 5.49. The molecule has 1 amide bonds. The van der Waals surface area contributed by atoms with E-state index in [2.05, 4.69) is 42.3 Å². The molecular formula is C17H12Br2FN3O3. The van der Waals surface area contributed by atoms with Crippen molar-refractivity contribution in [2.75, 3.05) is 5.32 Å². The van der Waals surface area contributed by atoms with E-state index in [1.165, 1.54) is 24.3 Å². The van der Waals surface area contributed by atoms with Crippen molar-refractivity contribution in [3.05, 3.63) is 67.3 Å². The van der Waals surface area contributed by atoms with Gasteiger partial charge >= 0.3 is 5.76 Å². The highest BCUT2D eigenvalue weighted by Crippen LogP contribution is 2.32. The summed E-state index contributed by atoms with van der Waals surface area (Å²) in [5, 5.41) is 6.70. The number of nitrogens with one attached hydrogen (secondary N) is 1. The lowest BCUT2D eigenvalue weighted by atomic mass is 10.2. The third kappa shape index (κ3) is 4.10. The van der Waals surface area contributed by atoms with Crippen molar-refractivity contribution >= 4 is 43.5 Å². The van der Waals surface area contributed by atoms with E-state index in [-0.39, 0.29) is 12.4 Å². The van der Waals surface area contributed by atoms with Gasteiger partial charge in [0.05, 0.1) is 5.69 Å². The van der Waals surface area contributed by atoms with Crippen LogP contribution in [0.2, 0.25) is 0 Å². The molecule has 0 aliphatic carbocycles. The van der Waals surface area contributed by atoms with Crippen LogP contribution in [-0.2, 0) is 11.3 Å². The molecule has 0 spiro atoms. The van der Waals surface area contributed by atoms with Gasteiger partial charge in [-0.2, -0.15) is 4.68 Å². The summed E-state index contributed by atoms with van der Waals surface area (Å²) in [6.07, 6.45) is 0. The van der Waals surface area contributed by atoms with Crippen molar-refractivity contribution < 1.29 is 13.6 Å². The summed E-state index contributed by atoms with van der Waals surface area (Å²) in [4.78, 5) is 24.2. The van der Waals surface area contributed by atoms with Crippen LogP contribution in [0, 0.1) is 12.7 Å². The van der Waals surface area contributed by atoms with E-state index in [0.717, 1.165) is 10.2 Å². The Morgan fingerprint density at radius 3 is 2.46 bits per heavy atom. The minimum atomic E-state index is -0.776. The first kappa shape index (κ1) is 18.5. The summed E-state index contributed by atoms with van der Waals surface area (Å²) in [7, 11) is 0. The second-order valence-corrected chi connectivity index (χ2v) is 7.20. The second kappa shape index (κ2) is 7.55. The average Bonchev–Trinajstić information content (AvgIpc) is 2.92. The zero-order chi connectivity index (χ0) is 18.8. The quantitative estimate of drug-likeness (QED) is 0.604. The number of amides is 1. The minimum Gasteiger partial charge on any atom is -0.388 e. The van der Waals surface area contributed by atoms with Gasteiger partial charge in [-0.05, 0) is 80.7 Å². The number of carbonyl (C=O) groups excluding carboxylic acids is 1. The van der Waals surface area contributed by atoms with Crippen molar-refractivity contribution in [3.63, 3.8) is 0 Å². The molecule has 0 saturated heterocycles. The van der Waals surface area contributed by atoms with E-state index in [0.29, 0.717) is 20.2 Å². The zero-order valence-corrected chi connectivity index (χ0v) is 16.6. The van der Waals surface area contributed by atoms with Gasteiger partial charge in [-0.3, -0.25) is 4.79 Å². The Morgan fingerprint density at radius 2 is 1.85 bits per heavy atom. The Labute approximate surface area is 164 Å². The molecule has 3 aromatic rings. The van der Waals surface area contributed by atoms with Crippen LogP contribution in [0.1, 0.15) is 5.56 Å². The molecule has 134 valence electrons. The summed E-state index contributed by atoms with van der Waals surface area (Å²) in [5.41, 5.74) is 2.00. The van der Waals surface area contributed by atoms with Crippen LogP contribution >= 0.6 is 31.9 Å². The highest BCUT2D eigenvalue weighted by atomic mass is 79.9. The van der Waals surface area contributed by atoms with E-state index in [4.69, 9.17) is 4.42 Å². The van der Waals surface area contributed by atoms with Crippen LogP contribution in [-0.4, -0.2) is 15.7 Å². The smallest absolute Gasteiger partial charge is 0.388 e. The van der Waals surface area contributed by atoms with Crippen molar-refractivity contribution in [1.82, 2.24) is 9.78 Å². The SMILES string of the molecule is Cc1cc(Br)c(NC(=O)Cn2nc(-c3ccc(F)cc3)oc2=O)c(Br)c1.